The molecule has 0 spiro atoms. The van der Waals surface area contributed by atoms with Crippen LogP contribution in [-0.2, 0) is 6.54 Å². The molecule has 2 heterocycles. The van der Waals surface area contributed by atoms with Gasteiger partial charge >= 0.3 is 0 Å². The van der Waals surface area contributed by atoms with Crippen LogP contribution in [0.25, 0.3) is 0 Å². The van der Waals surface area contributed by atoms with E-state index in [0.717, 1.165) is 38.4 Å². The maximum absolute atomic E-state index is 12.3. The van der Waals surface area contributed by atoms with E-state index in [0.29, 0.717) is 11.3 Å². The molecule has 1 aromatic heterocycles. The van der Waals surface area contributed by atoms with Crippen molar-refractivity contribution < 1.29 is 4.79 Å². The number of aryl methyl sites for hydroxylation is 1. The Hall–Kier alpha value is -2.24. The second kappa shape index (κ2) is 7.55. The third-order valence-electron chi connectivity index (χ3n) is 4.39. The quantitative estimate of drug-likeness (QED) is 0.938. The van der Waals surface area contributed by atoms with E-state index in [9.17, 15) is 4.79 Å². The van der Waals surface area contributed by atoms with Crippen molar-refractivity contribution >= 4 is 11.6 Å². The third kappa shape index (κ3) is 4.40. The maximum Gasteiger partial charge on any atom is 0.255 e. The van der Waals surface area contributed by atoms with Crippen LogP contribution in [0.1, 0.15) is 21.6 Å². The van der Waals surface area contributed by atoms with E-state index in [2.05, 4.69) is 27.1 Å². The van der Waals surface area contributed by atoms with Crippen LogP contribution < -0.4 is 5.32 Å². The Morgan fingerprint density at radius 1 is 1.08 bits per heavy atom. The summed E-state index contributed by atoms with van der Waals surface area (Å²) >= 11 is 0. The van der Waals surface area contributed by atoms with Crippen LogP contribution in [0.4, 0.5) is 5.69 Å². The highest BCUT2D eigenvalue weighted by Gasteiger charge is 2.14. The zero-order valence-electron chi connectivity index (χ0n) is 14.3. The van der Waals surface area contributed by atoms with Gasteiger partial charge in [-0.25, -0.2) is 0 Å². The van der Waals surface area contributed by atoms with Gasteiger partial charge in [-0.2, -0.15) is 0 Å². The Bertz CT molecular complexity index is 674. The molecule has 1 aliphatic rings. The Kier molecular flexibility index (Phi) is 5.23. The molecule has 1 fully saturated rings. The molecule has 1 aliphatic heterocycles. The molecular weight excluding hydrogens is 300 g/mol. The normalized spacial score (nSPS) is 16.1. The molecule has 1 saturated heterocycles. The fourth-order valence-electron chi connectivity index (χ4n) is 2.77. The molecule has 5 nitrogen and oxygen atoms in total. The number of aromatic nitrogens is 1. The van der Waals surface area contributed by atoms with Crippen molar-refractivity contribution in [1.29, 1.82) is 0 Å². The van der Waals surface area contributed by atoms with Gasteiger partial charge in [0.25, 0.3) is 5.91 Å². The van der Waals surface area contributed by atoms with E-state index in [1.165, 1.54) is 5.56 Å². The lowest BCUT2D eigenvalue weighted by atomic mass is 10.1. The van der Waals surface area contributed by atoms with Crippen molar-refractivity contribution in [1.82, 2.24) is 14.8 Å². The summed E-state index contributed by atoms with van der Waals surface area (Å²) in [7, 11) is 2.16. The molecule has 3 rings (SSSR count). The number of hydrogen-bond acceptors (Lipinski definition) is 4. The topological polar surface area (TPSA) is 48.5 Å². The van der Waals surface area contributed by atoms with E-state index in [4.69, 9.17) is 0 Å². The van der Waals surface area contributed by atoms with E-state index in [1.807, 2.05) is 43.3 Å². The van der Waals surface area contributed by atoms with Crippen LogP contribution in [0.5, 0.6) is 0 Å². The van der Waals surface area contributed by atoms with Gasteiger partial charge in [0.15, 0.2) is 0 Å². The SMILES string of the molecule is Cc1ccc(NC(=O)c2ccc(CN3CCN(C)CC3)cc2)cn1. The number of likely N-dealkylation sites (N-methyl/N-ethyl adjacent to an activating group) is 1. The highest BCUT2D eigenvalue weighted by atomic mass is 16.1. The fraction of sp³-hybridized carbons (Fsp3) is 0.368. The van der Waals surface area contributed by atoms with Crippen LogP contribution in [0.2, 0.25) is 0 Å². The van der Waals surface area contributed by atoms with E-state index >= 15 is 0 Å². The van der Waals surface area contributed by atoms with Crippen molar-refractivity contribution in [3.05, 3.63) is 59.4 Å². The second-order valence-electron chi connectivity index (χ2n) is 6.42. The number of nitrogens with one attached hydrogen (secondary N) is 1. The number of pyridine rings is 1. The lowest BCUT2D eigenvalue weighted by Crippen LogP contribution is -2.43. The van der Waals surface area contributed by atoms with Gasteiger partial charge in [-0.3, -0.25) is 14.7 Å². The van der Waals surface area contributed by atoms with Crippen LogP contribution in [0.15, 0.2) is 42.6 Å². The molecule has 1 N–H and O–H groups in total. The number of hydrogen-bond donors (Lipinski definition) is 1. The molecule has 0 aliphatic carbocycles. The van der Waals surface area contributed by atoms with E-state index in [-0.39, 0.29) is 5.91 Å². The number of carbonyl (C=O) groups is 1. The lowest BCUT2D eigenvalue weighted by molar-refractivity contribution is 0.102. The third-order valence-corrected chi connectivity index (χ3v) is 4.39. The van der Waals surface area contributed by atoms with E-state index < -0.39 is 0 Å². The van der Waals surface area contributed by atoms with Crippen molar-refractivity contribution in [2.75, 3.05) is 38.5 Å². The number of anilines is 1. The number of amides is 1. The summed E-state index contributed by atoms with van der Waals surface area (Å²) in [6.07, 6.45) is 1.68. The van der Waals surface area contributed by atoms with Gasteiger partial charge in [0.05, 0.1) is 11.9 Å². The van der Waals surface area contributed by atoms with E-state index in [1.54, 1.807) is 6.20 Å². The van der Waals surface area contributed by atoms with Crippen LogP contribution >= 0.6 is 0 Å². The van der Waals surface area contributed by atoms with Crippen LogP contribution in [-0.4, -0.2) is 53.9 Å². The summed E-state index contributed by atoms with van der Waals surface area (Å²) in [6.45, 7) is 7.29. The minimum Gasteiger partial charge on any atom is -0.321 e. The summed E-state index contributed by atoms with van der Waals surface area (Å²) < 4.78 is 0. The predicted octanol–water partition coefficient (Wildman–Crippen LogP) is 2.39. The number of rotatable bonds is 4. The average molecular weight is 324 g/mol. The van der Waals surface area contributed by atoms with Gasteiger partial charge in [0, 0.05) is 44.0 Å². The minimum atomic E-state index is -0.105. The van der Waals surface area contributed by atoms with Gasteiger partial charge < -0.3 is 10.2 Å². The molecule has 0 unspecified atom stereocenters. The maximum atomic E-state index is 12.3. The number of benzene rings is 1. The first kappa shape index (κ1) is 16.6. The summed E-state index contributed by atoms with van der Waals surface area (Å²) in [5, 5.41) is 2.87. The van der Waals surface area contributed by atoms with Crippen molar-refractivity contribution in [2.45, 2.75) is 13.5 Å². The second-order valence-corrected chi connectivity index (χ2v) is 6.42. The van der Waals surface area contributed by atoms with Gasteiger partial charge in [0.1, 0.15) is 0 Å². The average Bonchev–Trinajstić information content (AvgIpc) is 2.59. The number of nitrogens with zero attached hydrogens (tertiary/aromatic N) is 3. The zero-order chi connectivity index (χ0) is 16.9. The largest absolute Gasteiger partial charge is 0.321 e. The molecule has 0 atom stereocenters. The first-order valence-corrected chi connectivity index (χ1v) is 8.34. The Morgan fingerprint density at radius 2 is 1.79 bits per heavy atom. The molecule has 0 saturated carbocycles. The highest BCUT2D eigenvalue weighted by Crippen LogP contribution is 2.12. The van der Waals surface area contributed by atoms with Gasteiger partial charge in [0.2, 0.25) is 0 Å². The molecule has 0 radical (unpaired) electrons. The van der Waals surface area contributed by atoms with Crippen LogP contribution in [0.3, 0.4) is 0 Å². The standard InChI is InChI=1S/C19H24N4O/c1-15-3-8-18(13-20-15)21-19(24)17-6-4-16(5-7-17)14-23-11-9-22(2)10-12-23/h3-8,13H,9-12,14H2,1-2H3,(H,21,24). The monoisotopic (exact) mass is 324 g/mol. The van der Waals surface area contributed by atoms with Gasteiger partial charge in [-0.15, -0.1) is 0 Å². The molecule has 1 amide bonds. The lowest BCUT2D eigenvalue weighted by Gasteiger charge is -2.32. The Labute approximate surface area is 143 Å². The first-order chi connectivity index (χ1) is 11.6. The molecule has 5 heteroatoms. The minimum absolute atomic E-state index is 0.105. The summed E-state index contributed by atoms with van der Waals surface area (Å²) in [5.74, 6) is -0.105. The Morgan fingerprint density at radius 3 is 2.42 bits per heavy atom. The fourth-order valence-corrected chi connectivity index (χ4v) is 2.77. The van der Waals surface area contributed by atoms with Crippen molar-refractivity contribution in [2.24, 2.45) is 0 Å². The van der Waals surface area contributed by atoms with Crippen molar-refractivity contribution in [3.63, 3.8) is 0 Å². The molecule has 24 heavy (non-hydrogen) atoms. The summed E-state index contributed by atoms with van der Waals surface area (Å²) in [6, 6.07) is 11.6. The number of piperazine rings is 1. The highest BCUT2D eigenvalue weighted by molar-refractivity contribution is 6.04. The molecule has 1 aromatic carbocycles. The molecule has 2 aromatic rings. The Balaban J connectivity index is 1.57. The first-order valence-electron chi connectivity index (χ1n) is 8.34. The molecule has 0 bridgehead atoms. The van der Waals surface area contributed by atoms with Crippen molar-refractivity contribution in [3.8, 4) is 0 Å². The smallest absolute Gasteiger partial charge is 0.255 e. The summed E-state index contributed by atoms with van der Waals surface area (Å²) in [5.41, 5.74) is 3.55. The predicted molar refractivity (Wildman–Crippen MR) is 96.1 cm³/mol. The zero-order valence-corrected chi connectivity index (χ0v) is 14.3. The van der Waals surface area contributed by atoms with Gasteiger partial charge in [-0.05, 0) is 43.8 Å². The van der Waals surface area contributed by atoms with Crippen LogP contribution in [0, 0.1) is 6.92 Å². The molecule has 126 valence electrons. The number of carbonyl (C=O) groups excluding carboxylic acids is 1. The summed E-state index contributed by atoms with van der Waals surface area (Å²) in [4.78, 5) is 21.3. The van der Waals surface area contributed by atoms with Gasteiger partial charge in [-0.1, -0.05) is 12.1 Å². The molecular formula is C19H24N4O.